The number of piperidine rings is 1. The number of nitrogens with one attached hydrogen (secondary N) is 1. The molecule has 0 aliphatic carbocycles. The van der Waals surface area contributed by atoms with Gasteiger partial charge in [-0.05, 0) is 31.9 Å². The summed E-state index contributed by atoms with van der Waals surface area (Å²) in [6.07, 6.45) is 0.473. The summed E-state index contributed by atoms with van der Waals surface area (Å²) in [5, 5.41) is 20.3. The van der Waals surface area contributed by atoms with Gasteiger partial charge in [0.1, 0.15) is 6.10 Å². The predicted molar refractivity (Wildman–Crippen MR) is 97.4 cm³/mol. The van der Waals surface area contributed by atoms with Crippen molar-refractivity contribution in [1.29, 1.82) is 0 Å². The van der Waals surface area contributed by atoms with Gasteiger partial charge in [0.2, 0.25) is 0 Å². The SMILES string of the molecule is C[C@]1(O)CC2(CCN(C(=O)c3nc4ccccc4[nH]c3=O)CC2)OC[C@@H]1O. The first-order valence-corrected chi connectivity index (χ1v) is 9.12. The number of nitrogens with zero attached hydrogens (tertiary/aromatic N) is 2. The van der Waals surface area contributed by atoms with Crippen molar-refractivity contribution in [2.24, 2.45) is 0 Å². The lowest BCUT2D eigenvalue weighted by Gasteiger charge is -2.49. The van der Waals surface area contributed by atoms with E-state index in [1.807, 2.05) is 0 Å². The Hall–Kier alpha value is -2.29. The molecule has 3 N–H and O–H groups in total. The number of amides is 1. The van der Waals surface area contributed by atoms with Gasteiger partial charge < -0.3 is 24.8 Å². The van der Waals surface area contributed by atoms with Crippen molar-refractivity contribution in [2.45, 2.75) is 43.5 Å². The molecule has 144 valence electrons. The summed E-state index contributed by atoms with van der Waals surface area (Å²) in [6.45, 7) is 2.49. The summed E-state index contributed by atoms with van der Waals surface area (Å²) in [7, 11) is 0. The maximum Gasteiger partial charge on any atom is 0.280 e. The average molecular weight is 373 g/mol. The van der Waals surface area contributed by atoms with Crippen LogP contribution in [-0.4, -0.2) is 68.0 Å². The zero-order valence-electron chi connectivity index (χ0n) is 15.1. The Labute approximate surface area is 155 Å². The molecule has 4 rings (SSSR count). The second-order valence-corrected chi connectivity index (χ2v) is 7.77. The van der Waals surface area contributed by atoms with Gasteiger partial charge in [-0.2, -0.15) is 0 Å². The van der Waals surface area contributed by atoms with Gasteiger partial charge in [0.25, 0.3) is 11.5 Å². The number of aromatic amines is 1. The van der Waals surface area contributed by atoms with Crippen LogP contribution in [0.25, 0.3) is 11.0 Å². The van der Waals surface area contributed by atoms with Crippen LogP contribution in [0, 0.1) is 0 Å². The number of likely N-dealkylation sites (tertiary alicyclic amines) is 1. The van der Waals surface area contributed by atoms with E-state index in [0.29, 0.717) is 43.4 Å². The van der Waals surface area contributed by atoms with E-state index in [0.717, 1.165) is 0 Å². The average Bonchev–Trinajstić information content (AvgIpc) is 2.64. The normalized spacial score (nSPS) is 27.8. The quantitative estimate of drug-likeness (QED) is 0.668. The fraction of sp³-hybridized carbons (Fsp3) is 0.526. The maximum atomic E-state index is 12.8. The smallest absolute Gasteiger partial charge is 0.280 e. The zero-order valence-corrected chi connectivity index (χ0v) is 15.1. The number of carbonyl (C=O) groups excluding carboxylic acids is 1. The lowest BCUT2D eigenvalue weighted by atomic mass is 9.76. The molecule has 8 nitrogen and oxygen atoms in total. The summed E-state index contributed by atoms with van der Waals surface area (Å²) in [5.74, 6) is -0.403. The highest BCUT2D eigenvalue weighted by Crippen LogP contribution is 2.39. The van der Waals surface area contributed by atoms with Crippen LogP contribution < -0.4 is 5.56 Å². The Morgan fingerprint density at radius 3 is 2.74 bits per heavy atom. The van der Waals surface area contributed by atoms with Crippen molar-refractivity contribution in [3.05, 3.63) is 40.3 Å². The molecule has 2 fully saturated rings. The van der Waals surface area contributed by atoms with Crippen LogP contribution in [0.4, 0.5) is 0 Å². The molecule has 1 aromatic heterocycles. The van der Waals surface area contributed by atoms with Crippen LogP contribution in [0.15, 0.2) is 29.1 Å². The third-order valence-corrected chi connectivity index (χ3v) is 5.71. The third-order valence-electron chi connectivity index (χ3n) is 5.71. The first-order valence-electron chi connectivity index (χ1n) is 9.12. The van der Waals surface area contributed by atoms with Crippen LogP contribution in [0.3, 0.4) is 0 Å². The molecular formula is C19H23N3O5. The highest BCUT2D eigenvalue weighted by atomic mass is 16.5. The molecule has 2 atom stereocenters. The Morgan fingerprint density at radius 1 is 1.33 bits per heavy atom. The standard InChI is InChI=1S/C19H23N3O5/c1-18(26)11-19(27-10-14(18)23)6-8-22(9-7-19)17(25)15-16(24)21-13-5-3-2-4-12(13)20-15/h2-5,14,23,26H,6-11H2,1H3,(H,21,24)/t14-,18-/m0/s1. The minimum Gasteiger partial charge on any atom is -0.388 e. The molecule has 1 spiro atoms. The number of fused-ring (bicyclic) bond motifs is 1. The fourth-order valence-electron chi connectivity index (χ4n) is 4.02. The molecule has 2 aliphatic heterocycles. The molecule has 0 radical (unpaired) electrons. The van der Waals surface area contributed by atoms with E-state index in [1.54, 1.807) is 36.1 Å². The molecule has 0 unspecified atom stereocenters. The molecule has 0 saturated carbocycles. The predicted octanol–water partition coefficient (Wildman–Crippen LogP) is 0.430. The molecule has 3 heterocycles. The summed E-state index contributed by atoms with van der Waals surface area (Å²) in [6, 6.07) is 7.08. The van der Waals surface area contributed by atoms with Gasteiger partial charge in [-0.1, -0.05) is 12.1 Å². The van der Waals surface area contributed by atoms with Crippen LogP contribution in [0.1, 0.15) is 36.7 Å². The van der Waals surface area contributed by atoms with E-state index in [-0.39, 0.29) is 12.3 Å². The second-order valence-electron chi connectivity index (χ2n) is 7.77. The van der Waals surface area contributed by atoms with Gasteiger partial charge in [-0.25, -0.2) is 4.98 Å². The number of hydrogen-bond acceptors (Lipinski definition) is 6. The van der Waals surface area contributed by atoms with Crippen molar-refractivity contribution < 1.29 is 19.7 Å². The van der Waals surface area contributed by atoms with Crippen molar-refractivity contribution in [2.75, 3.05) is 19.7 Å². The van der Waals surface area contributed by atoms with E-state index in [9.17, 15) is 19.8 Å². The lowest BCUT2D eigenvalue weighted by Crippen LogP contribution is -2.59. The Morgan fingerprint density at radius 2 is 2.04 bits per heavy atom. The van der Waals surface area contributed by atoms with Gasteiger partial charge in [-0.15, -0.1) is 0 Å². The number of para-hydroxylation sites is 2. The highest BCUT2D eigenvalue weighted by Gasteiger charge is 2.49. The first-order chi connectivity index (χ1) is 12.8. The van der Waals surface area contributed by atoms with Crippen molar-refractivity contribution in [3.63, 3.8) is 0 Å². The zero-order chi connectivity index (χ0) is 19.2. The Bertz CT molecular complexity index is 930. The summed E-state index contributed by atoms with van der Waals surface area (Å²) in [4.78, 5) is 33.7. The minimum absolute atomic E-state index is 0.0762. The maximum absolute atomic E-state index is 12.8. The van der Waals surface area contributed by atoms with E-state index in [4.69, 9.17) is 4.74 Å². The monoisotopic (exact) mass is 373 g/mol. The summed E-state index contributed by atoms with van der Waals surface area (Å²) in [5.41, 5.74) is -1.22. The van der Waals surface area contributed by atoms with Crippen molar-refractivity contribution in [1.82, 2.24) is 14.9 Å². The third kappa shape index (κ3) is 3.24. The molecule has 2 aromatic rings. The summed E-state index contributed by atoms with van der Waals surface area (Å²) >= 11 is 0. The Balaban J connectivity index is 1.51. The topological polar surface area (TPSA) is 116 Å². The molecule has 2 aliphatic rings. The molecule has 0 bridgehead atoms. The second kappa shape index (κ2) is 6.40. The number of carbonyl (C=O) groups is 1. The minimum atomic E-state index is -1.21. The van der Waals surface area contributed by atoms with Crippen LogP contribution in [-0.2, 0) is 4.74 Å². The van der Waals surface area contributed by atoms with Gasteiger partial charge in [-0.3, -0.25) is 9.59 Å². The molecular weight excluding hydrogens is 350 g/mol. The number of ether oxygens (including phenoxy) is 1. The van der Waals surface area contributed by atoms with E-state index in [1.165, 1.54) is 0 Å². The molecule has 8 heteroatoms. The van der Waals surface area contributed by atoms with E-state index >= 15 is 0 Å². The molecule has 1 aromatic carbocycles. The van der Waals surface area contributed by atoms with Crippen LogP contribution in [0.2, 0.25) is 0 Å². The largest absolute Gasteiger partial charge is 0.388 e. The number of aliphatic hydroxyl groups excluding tert-OH is 1. The highest BCUT2D eigenvalue weighted by molar-refractivity contribution is 5.93. The number of aliphatic hydroxyl groups is 2. The Kier molecular flexibility index (Phi) is 4.29. The number of hydrogen-bond donors (Lipinski definition) is 3. The van der Waals surface area contributed by atoms with E-state index < -0.39 is 28.8 Å². The van der Waals surface area contributed by atoms with Crippen LogP contribution in [0.5, 0.6) is 0 Å². The number of benzene rings is 1. The molecule has 2 saturated heterocycles. The van der Waals surface area contributed by atoms with E-state index in [2.05, 4.69) is 9.97 Å². The molecule has 1 amide bonds. The first kappa shape index (κ1) is 18.1. The van der Waals surface area contributed by atoms with Gasteiger partial charge >= 0.3 is 0 Å². The fourth-order valence-corrected chi connectivity index (χ4v) is 4.02. The summed E-state index contributed by atoms with van der Waals surface area (Å²) < 4.78 is 5.84. The van der Waals surface area contributed by atoms with Gasteiger partial charge in [0, 0.05) is 19.5 Å². The number of aromatic nitrogens is 2. The number of rotatable bonds is 1. The number of H-pyrrole nitrogens is 1. The van der Waals surface area contributed by atoms with Crippen molar-refractivity contribution in [3.8, 4) is 0 Å². The van der Waals surface area contributed by atoms with Crippen LogP contribution >= 0.6 is 0 Å². The lowest BCUT2D eigenvalue weighted by molar-refractivity contribution is -0.221. The molecule has 27 heavy (non-hydrogen) atoms. The van der Waals surface area contributed by atoms with Gasteiger partial charge in [0.05, 0.1) is 28.8 Å². The van der Waals surface area contributed by atoms with Crippen molar-refractivity contribution >= 4 is 16.9 Å². The van der Waals surface area contributed by atoms with Gasteiger partial charge in [0.15, 0.2) is 5.69 Å².